The predicted octanol–water partition coefficient (Wildman–Crippen LogP) is 15.0. The van der Waals surface area contributed by atoms with Crippen LogP contribution in [0.3, 0.4) is 0 Å². The van der Waals surface area contributed by atoms with Crippen LogP contribution < -0.4 is 0 Å². The summed E-state index contributed by atoms with van der Waals surface area (Å²) in [5, 5.41) is 0. The minimum absolute atomic E-state index is 0.212. The van der Waals surface area contributed by atoms with Gasteiger partial charge in [0.15, 0.2) is 6.10 Å². The van der Waals surface area contributed by atoms with Gasteiger partial charge in [0.25, 0.3) is 0 Å². The third-order valence-corrected chi connectivity index (χ3v) is 11.3. The van der Waals surface area contributed by atoms with Crippen LogP contribution in [0.15, 0.2) is 12.2 Å². The van der Waals surface area contributed by atoms with Crippen LogP contribution in [0.1, 0.15) is 258 Å². The van der Waals surface area contributed by atoms with Crippen molar-refractivity contribution in [3.05, 3.63) is 12.2 Å². The number of ether oxygens (including phenoxy) is 2. The Morgan fingerprint density at radius 3 is 1.09 bits per heavy atom. The van der Waals surface area contributed by atoms with Gasteiger partial charge in [0.1, 0.15) is 6.61 Å². The van der Waals surface area contributed by atoms with Crippen LogP contribution in [0.25, 0.3) is 0 Å². The van der Waals surface area contributed by atoms with Gasteiger partial charge in [-0.05, 0) is 38.5 Å². The summed E-state index contributed by atoms with van der Waals surface area (Å²) < 4.78 is 26.5. The minimum Gasteiger partial charge on any atom is -0.462 e. The van der Waals surface area contributed by atoms with E-state index in [0.717, 1.165) is 44.9 Å². The fourth-order valence-electron chi connectivity index (χ4n) is 7.19. The van der Waals surface area contributed by atoms with Crippen LogP contribution in [0, 0.1) is 0 Å². The highest BCUT2D eigenvalue weighted by atomic mass is 31.2. The van der Waals surface area contributed by atoms with Crippen LogP contribution in [0.4, 0.5) is 0 Å². The number of hydrogen-bond donors (Lipinski definition) is 2. The number of hydrogen-bond acceptors (Lipinski definition) is 6. The van der Waals surface area contributed by atoms with Crippen LogP contribution >= 0.6 is 7.82 Å². The standard InChI is InChI=1S/C47H91O8P/c1-3-5-7-9-11-13-15-17-19-21-23-24-26-27-29-31-33-35-37-39-41-46(48)53-43-45(44-54-56(50,51)52)55-47(49)42-40-38-36-34-32-30-28-25-22-20-18-16-14-12-10-8-6-4-2/h20,22,45H,3-19,21,23-44H2,1-2H3,(H2,50,51,52)/b22-20-. The molecule has 0 saturated carbocycles. The van der Waals surface area contributed by atoms with Crippen molar-refractivity contribution in [3.63, 3.8) is 0 Å². The van der Waals surface area contributed by atoms with E-state index in [9.17, 15) is 14.2 Å². The fraction of sp³-hybridized carbons (Fsp3) is 0.915. The third-order valence-electron chi connectivity index (χ3n) is 10.8. The maximum absolute atomic E-state index is 12.4. The highest BCUT2D eigenvalue weighted by Gasteiger charge is 2.23. The molecule has 0 saturated heterocycles. The quantitative estimate of drug-likeness (QED) is 0.0270. The lowest BCUT2D eigenvalue weighted by atomic mass is 10.0. The van der Waals surface area contributed by atoms with E-state index in [1.807, 2.05) is 0 Å². The molecule has 1 atom stereocenters. The maximum atomic E-state index is 12.4. The van der Waals surface area contributed by atoms with E-state index in [4.69, 9.17) is 19.3 Å². The second kappa shape index (κ2) is 43.4. The van der Waals surface area contributed by atoms with E-state index in [2.05, 4.69) is 30.5 Å². The second-order valence-corrected chi connectivity index (χ2v) is 17.7. The van der Waals surface area contributed by atoms with E-state index in [0.29, 0.717) is 6.42 Å². The number of allylic oxidation sites excluding steroid dienone is 2. The first-order valence-electron chi connectivity index (χ1n) is 24.0. The molecule has 0 aliphatic heterocycles. The summed E-state index contributed by atoms with van der Waals surface area (Å²) in [4.78, 5) is 43.0. The molecule has 9 heteroatoms. The van der Waals surface area contributed by atoms with E-state index >= 15 is 0 Å². The topological polar surface area (TPSA) is 119 Å². The zero-order valence-corrected chi connectivity index (χ0v) is 37.7. The number of phosphoric acid groups is 1. The first-order valence-corrected chi connectivity index (χ1v) is 25.5. The molecule has 0 aromatic heterocycles. The number of unbranched alkanes of at least 4 members (excludes halogenated alkanes) is 33. The van der Waals surface area contributed by atoms with E-state index in [1.54, 1.807) is 0 Å². The number of rotatable bonds is 45. The van der Waals surface area contributed by atoms with Crippen LogP contribution in [0.2, 0.25) is 0 Å². The number of esters is 2. The molecule has 0 spiro atoms. The van der Waals surface area contributed by atoms with Gasteiger partial charge in [0.2, 0.25) is 0 Å². The summed E-state index contributed by atoms with van der Waals surface area (Å²) in [5.41, 5.74) is 0. The molecule has 2 N–H and O–H groups in total. The number of carbonyl (C=O) groups excluding carboxylic acids is 2. The summed E-state index contributed by atoms with van der Waals surface area (Å²) >= 11 is 0. The summed E-state index contributed by atoms with van der Waals surface area (Å²) in [7, 11) is -4.75. The van der Waals surface area contributed by atoms with Crippen molar-refractivity contribution in [2.24, 2.45) is 0 Å². The van der Waals surface area contributed by atoms with Gasteiger partial charge in [-0.3, -0.25) is 14.1 Å². The van der Waals surface area contributed by atoms with Gasteiger partial charge in [-0.25, -0.2) is 4.57 Å². The van der Waals surface area contributed by atoms with Gasteiger partial charge in [-0.15, -0.1) is 0 Å². The smallest absolute Gasteiger partial charge is 0.462 e. The predicted molar refractivity (Wildman–Crippen MR) is 235 cm³/mol. The van der Waals surface area contributed by atoms with Gasteiger partial charge < -0.3 is 19.3 Å². The molecule has 0 bridgehead atoms. The maximum Gasteiger partial charge on any atom is 0.469 e. The lowest BCUT2D eigenvalue weighted by Gasteiger charge is -2.18. The van der Waals surface area contributed by atoms with Crippen molar-refractivity contribution < 1.29 is 37.9 Å². The van der Waals surface area contributed by atoms with Crippen molar-refractivity contribution in [1.82, 2.24) is 0 Å². The molecule has 0 aromatic rings. The fourth-order valence-corrected chi connectivity index (χ4v) is 7.55. The zero-order chi connectivity index (χ0) is 41.1. The molecular formula is C47H91O8P. The Balaban J connectivity index is 3.81. The summed E-state index contributed by atoms with van der Waals surface area (Å²) in [6.45, 7) is 3.73. The average Bonchev–Trinajstić information content (AvgIpc) is 3.17. The van der Waals surface area contributed by atoms with Gasteiger partial charge >= 0.3 is 19.8 Å². The lowest BCUT2D eigenvalue weighted by Crippen LogP contribution is -2.29. The molecule has 0 amide bonds. The van der Waals surface area contributed by atoms with Gasteiger partial charge in [0, 0.05) is 12.8 Å². The Morgan fingerprint density at radius 1 is 0.446 bits per heavy atom. The minimum atomic E-state index is -4.75. The van der Waals surface area contributed by atoms with Crippen molar-refractivity contribution in [3.8, 4) is 0 Å². The highest BCUT2D eigenvalue weighted by Crippen LogP contribution is 2.36. The average molecular weight is 815 g/mol. The molecule has 0 radical (unpaired) electrons. The second-order valence-electron chi connectivity index (χ2n) is 16.4. The summed E-state index contributed by atoms with van der Waals surface area (Å²) in [6.07, 6.45) is 49.4. The molecule has 0 rings (SSSR count). The highest BCUT2D eigenvalue weighted by molar-refractivity contribution is 7.46. The molecular weight excluding hydrogens is 723 g/mol. The van der Waals surface area contributed by atoms with E-state index in [1.165, 1.54) is 180 Å². The molecule has 0 fully saturated rings. The van der Waals surface area contributed by atoms with Crippen LogP contribution in [-0.2, 0) is 28.2 Å². The molecule has 1 unspecified atom stereocenters. The molecule has 8 nitrogen and oxygen atoms in total. The summed E-state index contributed by atoms with van der Waals surface area (Å²) in [6, 6.07) is 0. The summed E-state index contributed by atoms with van der Waals surface area (Å²) in [5.74, 6) is -0.873. The van der Waals surface area contributed by atoms with Crippen LogP contribution in [0.5, 0.6) is 0 Å². The van der Waals surface area contributed by atoms with Crippen molar-refractivity contribution in [1.29, 1.82) is 0 Å². The number of carbonyl (C=O) groups is 2. The van der Waals surface area contributed by atoms with Gasteiger partial charge in [-0.1, -0.05) is 219 Å². The molecule has 0 heterocycles. The largest absolute Gasteiger partial charge is 0.469 e. The molecule has 332 valence electrons. The van der Waals surface area contributed by atoms with Crippen molar-refractivity contribution >= 4 is 19.8 Å². The van der Waals surface area contributed by atoms with E-state index < -0.39 is 32.5 Å². The Kier molecular flexibility index (Phi) is 42.4. The Bertz CT molecular complexity index is 920. The van der Waals surface area contributed by atoms with E-state index in [-0.39, 0.29) is 19.4 Å². The lowest BCUT2D eigenvalue weighted by molar-refractivity contribution is -0.161. The van der Waals surface area contributed by atoms with Gasteiger partial charge in [0.05, 0.1) is 6.61 Å². The first-order chi connectivity index (χ1) is 27.3. The van der Waals surface area contributed by atoms with Gasteiger partial charge in [-0.2, -0.15) is 0 Å². The normalized spacial score (nSPS) is 12.4. The van der Waals surface area contributed by atoms with Crippen molar-refractivity contribution in [2.75, 3.05) is 13.2 Å². The third kappa shape index (κ3) is 45.5. The SMILES string of the molecule is CCCCCCCCC/C=C\CCCCCCCCCC(=O)OC(COC(=O)CCCCCCCCCCCCCCCCCCCCCC)COP(=O)(O)O. The Labute approximate surface area is 346 Å². The zero-order valence-electron chi connectivity index (χ0n) is 36.8. The molecule has 0 aliphatic carbocycles. The first kappa shape index (κ1) is 54.8. The van der Waals surface area contributed by atoms with Crippen LogP contribution in [-0.4, -0.2) is 41.0 Å². The Hall–Kier alpha value is -1.21. The molecule has 0 aromatic carbocycles. The number of phosphoric ester groups is 1. The molecule has 0 aliphatic rings. The Morgan fingerprint density at radius 2 is 0.750 bits per heavy atom. The monoisotopic (exact) mass is 815 g/mol. The molecule has 56 heavy (non-hydrogen) atoms. The van der Waals surface area contributed by atoms with Crippen molar-refractivity contribution in [2.45, 2.75) is 264 Å².